The van der Waals surface area contributed by atoms with Crippen LogP contribution in [-0.2, 0) is 6.42 Å². The summed E-state index contributed by atoms with van der Waals surface area (Å²) in [7, 11) is 0. The number of aryl methyl sites for hydroxylation is 1. The average molecular weight is 241 g/mol. The fourth-order valence-electron chi connectivity index (χ4n) is 2.45. The van der Waals surface area contributed by atoms with Gasteiger partial charge in [-0.05, 0) is 51.2 Å². The highest BCUT2D eigenvalue weighted by Gasteiger charge is 2.18. The Morgan fingerprint density at radius 1 is 1.28 bits per heavy atom. The SMILES string of the molecule is CC(C)(C)C#CCNC1CCCc2ccccc21. The van der Waals surface area contributed by atoms with Crippen molar-refractivity contribution in [3.05, 3.63) is 35.4 Å². The zero-order chi connectivity index (χ0) is 13.0. The van der Waals surface area contributed by atoms with Crippen LogP contribution in [0.25, 0.3) is 0 Å². The Morgan fingerprint density at radius 2 is 2.06 bits per heavy atom. The first-order valence-corrected chi connectivity index (χ1v) is 6.87. The first-order chi connectivity index (χ1) is 8.56. The molecule has 0 aromatic heterocycles. The Hall–Kier alpha value is -1.26. The van der Waals surface area contributed by atoms with Gasteiger partial charge in [0.25, 0.3) is 0 Å². The van der Waals surface area contributed by atoms with E-state index in [1.165, 1.54) is 30.4 Å². The van der Waals surface area contributed by atoms with Gasteiger partial charge >= 0.3 is 0 Å². The number of nitrogens with one attached hydrogen (secondary N) is 1. The van der Waals surface area contributed by atoms with Gasteiger partial charge < -0.3 is 0 Å². The molecule has 1 aliphatic carbocycles. The Balaban J connectivity index is 1.97. The van der Waals surface area contributed by atoms with Crippen LogP contribution in [0.1, 0.15) is 50.8 Å². The van der Waals surface area contributed by atoms with E-state index in [4.69, 9.17) is 0 Å². The molecule has 1 N–H and O–H groups in total. The van der Waals surface area contributed by atoms with Crippen LogP contribution in [0.3, 0.4) is 0 Å². The lowest BCUT2D eigenvalue weighted by Crippen LogP contribution is -2.25. The summed E-state index contributed by atoms with van der Waals surface area (Å²) < 4.78 is 0. The standard InChI is InChI=1S/C17H23N/c1-17(2,3)12-7-13-18-16-11-6-9-14-8-4-5-10-15(14)16/h4-5,8,10,16,18H,6,9,11,13H2,1-3H3. The topological polar surface area (TPSA) is 12.0 Å². The minimum atomic E-state index is 0.103. The van der Waals surface area contributed by atoms with Crippen molar-refractivity contribution < 1.29 is 0 Å². The maximum absolute atomic E-state index is 3.58. The lowest BCUT2D eigenvalue weighted by molar-refractivity contribution is 0.482. The summed E-state index contributed by atoms with van der Waals surface area (Å²) in [4.78, 5) is 0. The van der Waals surface area contributed by atoms with Crippen molar-refractivity contribution in [2.45, 2.75) is 46.1 Å². The molecule has 0 spiro atoms. The first-order valence-electron chi connectivity index (χ1n) is 6.87. The highest BCUT2D eigenvalue weighted by molar-refractivity contribution is 5.32. The molecule has 0 radical (unpaired) electrons. The molecular formula is C17H23N. The molecule has 1 atom stereocenters. The maximum Gasteiger partial charge on any atom is 0.0581 e. The zero-order valence-electron chi connectivity index (χ0n) is 11.7. The van der Waals surface area contributed by atoms with Crippen LogP contribution < -0.4 is 5.32 Å². The van der Waals surface area contributed by atoms with E-state index in [1.807, 2.05) is 0 Å². The van der Waals surface area contributed by atoms with Gasteiger partial charge in [0, 0.05) is 11.5 Å². The van der Waals surface area contributed by atoms with Crippen LogP contribution in [0.15, 0.2) is 24.3 Å². The van der Waals surface area contributed by atoms with Crippen molar-refractivity contribution in [3.8, 4) is 11.8 Å². The van der Waals surface area contributed by atoms with E-state index in [9.17, 15) is 0 Å². The van der Waals surface area contributed by atoms with Crippen molar-refractivity contribution in [2.24, 2.45) is 5.41 Å². The van der Waals surface area contributed by atoms with Gasteiger partial charge in [-0.25, -0.2) is 0 Å². The van der Waals surface area contributed by atoms with Crippen LogP contribution in [0.4, 0.5) is 0 Å². The van der Waals surface area contributed by atoms with E-state index >= 15 is 0 Å². The second kappa shape index (κ2) is 5.59. The molecule has 1 aromatic carbocycles. The predicted molar refractivity (Wildman–Crippen MR) is 77.4 cm³/mol. The Bertz CT molecular complexity index is 456. The van der Waals surface area contributed by atoms with Gasteiger partial charge in [-0.2, -0.15) is 0 Å². The van der Waals surface area contributed by atoms with Crippen LogP contribution in [0.2, 0.25) is 0 Å². The van der Waals surface area contributed by atoms with Gasteiger partial charge in [0.05, 0.1) is 6.54 Å². The molecule has 1 heteroatoms. The minimum Gasteiger partial charge on any atom is -0.299 e. The number of hydrogen-bond donors (Lipinski definition) is 1. The maximum atomic E-state index is 3.58. The summed E-state index contributed by atoms with van der Waals surface area (Å²) in [5, 5.41) is 3.58. The summed E-state index contributed by atoms with van der Waals surface area (Å²) in [6, 6.07) is 9.28. The molecule has 2 rings (SSSR count). The molecule has 1 nitrogen and oxygen atoms in total. The molecule has 0 aliphatic heterocycles. The Kier molecular flexibility index (Phi) is 4.09. The van der Waals surface area contributed by atoms with Crippen molar-refractivity contribution in [1.29, 1.82) is 0 Å². The van der Waals surface area contributed by atoms with E-state index in [0.29, 0.717) is 6.04 Å². The molecule has 0 fully saturated rings. The van der Waals surface area contributed by atoms with Gasteiger partial charge in [-0.15, -0.1) is 0 Å². The van der Waals surface area contributed by atoms with Crippen LogP contribution >= 0.6 is 0 Å². The highest BCUT2D eigenvalue weighted by Crippen LogP contribution is 2.29. The summed E-state index contributed by atoms with van der Waals surface area (Å²) in [5.41, 5.74) is 3.08. The average Bonchev–Trinajstić information content (AvgIpc) is 2.33. The van der Waals surface area contributed by atoms with Gasteiger partial charge in [0.15, 0.2) is 0 Å². The second-order valence-electron chi connectivity index (χ2n) is 6.08. The van der Waals surface area contributed by atoms with E-state index < -0.39 is 0 Å². The molecule has 1 unspecified atom stereocenters. The van der Waals surface area contributed by atoms with Crippen LogP contribution in [0.5, 0.6) is 0 Å². The third-order valence-corrected chi connectivity index (χ3v) is 3.27. The number of hydrogen-bond acceptors (Lipinski definition) is 1. The fourth-order valence-corrected chi connectivity index (χ4v) is 2.45. The molecule has 1 aliphatic rings. The van der Waals surface area contributed by atoms with Crippen LogP contribution in [-0.4, -0.2) is 6.54 Å². The van der Waals surface area contributed by atoms with Crippen molar-refractivity contribution in [2.75, 3.05) is 6.54 Å². The van der Waals surface area contributed by atoms with Crippen LogP contribution in [0, 0.1) is 17.3 Å². The molecule has 1 aromatic rings. The lowest BCUT2D eigenvalue weighted by Gasteiger charge is -2.25. The fraction of sp³-hybridized carbons (Fsp3) is 0.529. The molecule has 0 saturated carbocycles. The van der Waals surface area contributed by atoms with Gasteiger partial charge in [0.2, 0.25) is 0 Å². The molecule has 96 valence electrons. The molecule has 0 bridgehead atoms. The van der Waals surface area contributed by atoms with E-state index in [2.05, 4.69) is 62.2 Å². The molecule has 0 heterocycles. The first kappa shape index (κ1) is 13.2. The molecule has 0 saturated heterocycles. The third kappa shape index (κ3) is 3.62. The number of rotatable bonds is 2. The minimum absolute atomic E-state index is 0.103. The molecular weight excluding hydrogens is 218 g/mol. The van der Waals surface area contributed by atoms with Gasteiger partial charge in [-0.3, -0.25) is 5.32 Å². The Morgan fingerprint density at radius 3 is 2.83 bits per heavy atom. The van der Waals surface area contributed by atoms with Crippen molar-refractivity contribution in [3.63, 3.8) is 0 Å². The summed E-state index contributed by atoms with van der Waals surface area (Å²) in [6.07, 6.45) is 3.73. The summed E-state index contributed by atoms with van der Waals surface area (Å²) >= 11 is 0. The monoisotopic (exact) mass is 241 g/mol. The normalized spacial score (nSPS) is 18.7. The third-order valence-electron chi connectivity index (χ3n) is 3.27. The number of benzene rings is 1. The predicted octanol–water partition coefficient (Wildman–Crippen LogP) is 3.70. The molecule has 0 amide bonds. The lowest BCUT2D eigenvalue weighted by atomic mass is 9.88. The van der Waals surface area contributed by atoms with Crippen molar-refractivity contribution in [1.82, 2.24) is 5.32 Å². The second-order valence-corrected chi connectivity index (χ2v) is 6.08. The van der Waals surface area contributed by atoms with Crippen molar-refractivity contribution >= 4 is 0 Å². The van der Waals surface area contributed by atoms with Gasteiger partial charge in [-0.1, -0.05) is 36.1 Å². The quantitative estimate of drug-likeness (QED) is 0.778. The summed E-state index contributed by atoms with van der Waals surface area (Å²) in [6.45, 7) is 7.23. The largest absolute Gasteiger partial charge is 0.299 e. The molecule has 18 heavy (non-hydrogen) atoms. The van der Waals surface area contributed by atoms with E-state index in [-0.39, 0.29) is 5.41 Å². The zero-order valence-corrected chi connectivity index (χ0v) is 11.7. The Labute approximate surface area is 111 Å². The van der Waals surface area contributed by atoms with E-state index in [1.54, 1.807) is 0 Å². The highest BCUT2D eigenvalue weighted by atomic mass is 14.9. The van der Waals surface area contributed by atoms with Gasteiger partial charge in [0.1, 0.15) is 0 Å². The number of fused-ring (bicyclic) bond motifs is 1. The van der Waals surface area contributed by atoms with E-state index in [0.717, 1.165) is 6.54 Å². The summed E-state index contributed by atoms with van der Waals surface area (Å²) in [5.74, 6) is 6.52. The smallest absolute Gasteiger partial charge is 0.0581 e.